The van der Waals surface area contributed by atoms with E-state index in [0.717, 1.165) is 42.7 Å². The van der Waals surface area contributed by atoms with Crippen LogP contribution in [-0.2, 0) is 11.2 Å². The molecule has 3 rings (SSSR count). The maximum absolute atomic E-state index is 12.3. The van der Waals surface area contributed by atoms with Gasteiger partial charge in [0.15, 0.2) is 9.50 Å². The third-order valence-electron chi connectivity index (χ3n) is 4.13. The topological polar surface area (TPSA) is 67.8 Å². The number of amides is 1. The zero-order valence-corrected chi connectivity index (χ0v) is 18.7. The van der Waals surface area contributed by atoms with Gasteiger partial charge >= 0.3 is 0 Å². The van der Waals surface area contributed by atoms with E-state index in [0.29, 0.717) is 12.8 Å². The second-order valence-electron chi connectivity index (χ2n) is 6.29. The maximum Gasteiger partial charge on any atom is 0.224 e. The molecule has 5 nitrogen and oxygen atoms in total. The maximum atomic E-state index is 12.3. The van der Waals surface area contributed by atoms with Crippen LogP contribution in [0.25, 0.3) is 0 Å². The summed E-state index contributed by atoms with van der Waals surface area (Å²) in [6.07, 6.45) is 3.00. The molecule has 0 atom stereocenters. The van der Waals surface area contributed by atoms with E-state index in [2.05, 4.69) is 20.3 Å². The minimum absolute atomic E-state index is 0.0105. The molecule has 146 valence electrons. The van der Waals surface area contributed by atoms with E-state index in [9.17, 15) is 4.79 Å². The van der Waals surface area contributed by atoms with Crippen molar-refractivity contribution in [1.82, 2.24) is 15.0 Å². The number of aromatic nitrogens is 3. The molecule has 0 fully saturated rings. The summed E-state index contributed by atoms with van der Waals surface area (Å²) in [4.78, 5) is 26.8. The molecule has 1 amide bonds. The number of nitrogens with one attached hydrogen (secondary N) is 1. The Morgan fingerprint density at radius 1 is 1.07 bits per heavy atom. The van der Waals surface area contributed by atoms with Crippen LogP contribution in [0.3, 0.4) is 0 Å². The summed E-state index contributed by atoms with van der Waals surface area (Å²) in [5.41, 5.74) is 4.78. The largest absolute Gasteiger partial charge is 0.326 e. The molecule has 3 aromatic rings. The lowest BCUT2D eigenvalue weighted by Gasteiger charge is -2.10. The molecular formula is C20H22N4OS3. The van der Waals surface area contributed by atoms with Crippen molar-refractivity contribution in [3.05, 3.63) is 52.3 Å². The van der Waals surface area contributed by atoms with Gasteiger partial charge in [-0.2, -0.15) is 0 Å². The summed E-state index contributed by atoms with van der Waals surface area (Å²) in [6.45, 7) is 5.94. The average molecular weight is 431 g/mol. The number of carbonyl (C=O) groups is 1. The summed E-state index contributed by atoms with van der Waals surface area (Å²) < 4.78 is 1.02. The number of aryl methyl sites for hydroxylation is 3. The number of benzene rings is 1. The Labute approximate surface area is 177 Å². The smallest absolute Gasteiger partial charge is 0.224 e. The predicted octanol–water partition coefficient (Wildman–Crippen LogP) is 5.30. The van der Waals surface area contributed by atoms with E-state index in [-0.39, 0.29) is 5.91 Å². The Morgan fingerprint density at radius 2 is 1.75 bits per heavy atom. The number of thioether (sulfide) groups is 1. The number of nitrogens with zero attached hydrogens (tertiary/aromatic N) is 3. The molecule has 0 radical (unpaired) electrons. The Kier molecular flexibility index (Phi) is 7.09. The lowest BCUT2D eigenvalue weighted by Crippen LogP contribution is -2.13. The number of rotatable bonds is 7. The van der Waals surface area contributed by atoms with Crippen molar-refractivity contribution >= 4 is 46.5 Å². The van der Waals surface area contributed by atoms with Gasteiger partial charge in [0, 0.05) is 39.5 Å². The number of anilines is 1. The Hall–Kier alpha value is -1.90. The Bertz CT molecular complexity index is 947. The second kappa shape index (κ2) is 9.54. The molecule has 0 bridgehead atoms. The molecular weight excluding hydrogens is 408 g/mol. The van der Waals surface area contributed by atoms with Crippen LogP contribution in [0.5, 0.6) is 0 Å². The summed E-state index contributed by atoms with van der Waals surface area (Å²) in [5.74, 6) is -0.0105. The lowest BCUT2D eigenvalue weighted by molar-refractivity contribution is -0.116. The first-order chi connectivity index (χ1) is 13.4. The lowest BCUT2D eigenvalue weighted by atomic mass is 10.1. The SMILES string of the molecule is CSc1nc(C)c(CCC(=O)Nc2ccc(Sc3nc(C)cs3)cc2)c(C)n1. The highest BCUT2D eigenvalue weighted by Gasteiger charge is 2.11. The quantitative estimate of drug-likeness (QED) is 0.405. The van der Waals surface area contributed by atoms with Crippen molar-refractivity contribution in [2.24, 2.45) is 0 Å². The first kappa shape index (κ1) is 20.8. The first-order valence-corrected chi connectivity index (χ1v) is 11.7. The van der Waals surface area contributed by atoms with E-state index in [1.54, 1.807) is 23.1 Å². The minimum atomic E-state index is -0.0105. The summed E-state index contributed by atoms with van der Waals surface area (Å²) in [5, 5.41) is 5.78. The Morgan fingerprint density at radius 3 is 2.32 bits per heavy atom. The molecule has 0 saturated heterocycles. The monoisotopic (exact) mass is 430 g/mol. The fourth-order valence-corrected chi connectivity index (χ4v) is 4.98. The minimum Gasteiger partial charge on any atom is -0.326 e. The number of thiazole rings is 1. The molecule has 0 saturated carbocycles. The van der Waals surface area contributed by atoms with Crippen molar-refractivity contribution in [3.8, 4) is 0 Å². The number of hydrogen-bond donors (Lipinski definition) is 1. The van der Waals surface area contributed by atoms with Crippen LogP contribution in [0, 0.1) is 20.8 Å². The van der Waals surface area contributed by atoms with Gasteiger partial charge in [-0.25, -0.2) is 15.0 Å². The van der Waals surface area contributed by atoms with E-state index in [4.69, 9.17) is 0 Å². The van der Waals surface area contributed by atoms with Gasteiger partial charge in [-0.05, 0) is 63.3 Å². The van der Waals surface area contributed by atoms with Crippen molar-refractivity contribution in [3.63, 3.8) is 0 Å². The molecule has 0 spiro atoms. The second-order valence-corrected chi connectivity index (χ2v) is 9.24. The highest BCUT2D eigenvalue weighted by molar-refractivity contribution is 8.01. The van der Waals surface area contributed by atoms with Crippen LogP contribution in [-0.4, -0.2) is 27.1 Å². The number of carbonyl (C=O) groups excluding carboxylic acids is 1. The predicted molar refractivity (Wildman–Crippen MR) is 118 cm³/mol. The van der Waals surface area contributed by atoms with Gasteiger partial charge in [0.25, 0.3) is 0 Å². The highest BCUT2D eigenvalue weighted by atomic mass is 32.2. The van der Waals surface area contributed by atoms with Crippen molar-refractivity contribution < 1.29 is 4.79 Å². The number of hydrogen-bond acceptors (Lipinski definition) is 7. The van der Waals surface area contributed by atoms with Crippen LogP contribution in [0.15, 0.2) is 44.0 Å². The third-order valence-corrected chi connectivity index (χ3v) is 6.74. The van der Waals surface area contributed by atoms with Gasteiger partial charge in [-0.3, -0.25) is 4.79 Å². The molecule has 0 unspecified atom stereocenters. The van der Waals surface area contributed by atoms with Gasteiger partial charge < -0.3 is 5.32 Å². The summed E-state index contributed by atoms with van der Waals surface area (Å²) in [7, 11) is 0. The van der Waals surface area contributed by atoms with Gasteiger partial charge in [0.2, 0.25) is 5.91 Å². The molecule has 28 heavy (non-hydrogen) atoms. The van der Waals surface area contributed by atoms with Crippen LogP contribution >= 0.6 is 34.9 Å². The van der Waals surface area contributed by atoms with Gasteiger partial charge in [-0.1, -0.05) is 23.5 Å². The summed E-state index contributed by atoms with van der Waals surface area (Å²) in [6, 6.07) is 7.85. The fourth-order valence-electron chi connectivity index (χ4n) is 2.71. The van der Waals surface area contributed by atoms with E-state index >= 15 is 0 Å². The van der Waals surface area contributed by atoms with Crippen LogP contribution in [0.4, 0.5) is 5.69 Å². The fraction of sp³-hybridized carbons (Fsp3) is 0.300. The Balaban J connectivity index is 1.55. The zero-order chi connectivity index (χ0) is 20.1. The summed E-state index contributed by atoms with van der Waals surface area (Å²) >= 11 is 4.80. The third kappa shape index (κ3) is 5.56. The molecule has 2 aromatic heterocycles. The van der Waals surface area contributed by atoms with Crippen molar-refractivity contribution in [2.75, 3.05) is 11.6 Å². The van der Waals surface area contributed by atoms with E-state index in [1.807, 2.05) is 56.7 Å². The first-order valence-electron chi connectivity index (χ1n) is 8.82. The van der Waals surface area contributed by atoms with E-state index < -0.39 is 0 Å². The molecule has 0 aliphatic carbocycles. The van der Waals surface area contributed by atoms with Gasteiger partial charge in [0.1, 0.15) is 0 Å². The van der Waals surface area contributed by atoms with Crippen LogP contribution in [0.1, 0.15) is 29.1 Å². The van der Waals surface area contributed by atoms with Gasteiger partial charge in [-0.15, -0.1) is 11.3 Å². The standard InChI is InChI=1S/C20H22N4OS3/c1-12-11-27-20(21-12)28-16-7-5-15(6-8-16)24-18(25)10-9-17-13(2)22-19(26-4)23-14(17)3/h5-8,11H,9-10H2,1-4H3,(H,24,25). The highest BCUT2D eigenvalue weighted by Crippen LogP contribution is 2.30. The zero-order valence-electron chi connectivity index (χ0n) is 16.3. The molecule has 1 aromatic carbocycles. The van der Waals surface area contributed by atoms with Crippen molar-refractivity contribution in [1.29, 1.82) is 0 Å². The molecule has 0 aliphatic heterocycles. The van der Waals surface area contributed by atoms with Crippen LogP contribution in [0.2, 0.25) is 0 Å². The van der Waals surface area contributed by atoms with E-state index in [1.165, 1.54) is 11.8 Å². The molecule has 0 aliphatic rings. The average Bonchev–Trinajstić information content (AvgIpc) is 3.07. The molecule has 1 N–H and O–H groups in total. The molecule has 8 heteroatoms. The van der Waals surface area contributed by atoms with Gasteiger partial charge in [0.05, 0.1) is 0 Å². The molecule has 2 heterocycles. The van der Waals surface area contributed by atoms with Crippen LogP contribution < -0.4 is 5.32 Å². The normalized spacial score (nSPS) is 10.9. The van der Waals surface area contributed by atoms with Crippen molar-refractivity contribution in [2.45, 2.75) is 48.0 Å².